The maximum Gasteiger partial charge on any atom is 0.230 e. The zero-order valence-corrected chi connectivity index (χ0v) is 11.6. The third kappa shape index (κ3) is 2.73. The third-order valence-corrected chi connectivity index (χ3v) is 3.76. The molecule has 4 heteroatoms. The standard InChI is InChI=1S/C15H21NO3/c1-3-16-14(17)15(8-10-19-11-9-15)12-4-6-13(18-2)7-5-12/h4-7H,3,8-11H2,1-2H3,(H,16,17). The van der Waals surface area contributed by atoms with Crippen molar-refractivity contribution in [2.45, 2.75) is 25.2 Å². The molecule has 1 N–H and O–H groups in total. The Labute approximate surface area is 114 Å². The molecule has 104 valence electrons. The average molecular weight is 263 g/mol. The molecule has 0 aromatic heterocycles. The van der Waals surface area contributed by atoms with Crippen LogP contribution < -0.4 is 10.1 Å². The van der Waals surface area contributed by atoms with Gasteiger partial charge in [0.05, 0.1) is 12.5 Å². The molecule has 0 unspecified atom stereocenters. The van der Waals surface area contributed by atoms with Crippen LogP contribution in [-0.4, -0.2) is 32.8 Å². The van der Waals surface area contributed by atoms with Crippen LogP contribution in [0, 0.1) is 0 Å². The van der Waals surface area contributed by atoms with Gasteiger partial charge in [0, 0.05) is 19.8 Å². The number of carbonyl (C=O) groups excluding carboxylic acids is 1. The smallest absolute Gasteiger partial charge is 0.230 e. The number of hydrogen-bond donors (Lipinski definition) is 1. The second-order valence-corrected chi connectivity index (χ2v) is 4.78. The topological polar surface area (TPSA) is 47.6 Å². The number of rotatable bonds is 4. The third-order valence-electron chi connectivity index (χ3n) is 3.76. The Morgan fingerprint density at radius 2 is 1.95 bits per heavy atom. The summed E-state index contributed by atoms with van der Waals surface area (Å²) in [5.41, 5.74) is 0.586. The monoisotopic (exact) mass is 263 g/mol. The molecule has 1 amide bonds. The molecule has 0 spiro atoms. The Hall–Kier alpha value is -1.55. The lowest BCUT2D eigenvalue weighted by atomic mass is 9.73. The summed E-state index contributed by atoms with van der Waals surface area (Å²) in [7, 11) is 1.64. The summed E-state index contributed by atoms with van der Waals surface area (Å²) in [6.45, 7) is 3.85. The van der Waals surface area contributed by atoms with E-state index in [2.05, 4.69) is 5.32 Å². The molecule has 1 aliphatic heterocycles. The molecule has 1 fully saturated rings. The van der Waals surface area contributed by atoms with Crippen molar-refractivity contribution in [3.05, 3.63) is 29.8 Å². The average Bonchev–Trinajstić information content (AvgIpc) is 2.48. The van der Waals surface area contributed by atoms with E-state index in [9.17, 15) is 4.79 Å². The first-order valence-electron chi connectivity index (χ1n) is 6.73. The maximum atomic E-state index is 12.5. The van der Waals surface area contributed by atoms with Crippen LogP contribution in [0.25, 0.3) is 0 Å². The second kappa shape index (κ2) is 6.06. The predicted octanol–water partition coefficient (Wildman–Crippen LogP) is 1.88. The van der Waals surface area contributed by atoms with Crippen LogP contribution in [0.5, 0.6) is 5.75 Å². The van der Waals surface area contributed by atoms with Gasteiger partial charge in [0.15, 0.2) is 0 Å². The number of carbonyl (C=O) groups is 1. The highest BCUT2D eigenvalue weighted by molar-refractivity contribution is 5.88. The Kier molecular flexibility index (Phi) is 4.43. The van der Waals surface area contributed by atoms with E-state index in [4.69, 9.17) is 9.47 Å². The molecule has 19 heavy (non-hydrogen) atoms. The lowest BCUT2D eigenvalue weighted by Crippen LogP contribution is -2.48. The summed E-state index contributed by atoms with van der Waals surface area (Å²) >= 11 is 0. The first-order valence-corrected chi connectivity index (χ1v) is 6.73. The van der Waals surface area contributed by atoms with Crippen LogP contribution in [0.2, 0.25) is 0 Å². The number of ether oxygens (including phenoxy) is 2. The van der Waals surface area contributed by atoms with E-state index in [0.29, 0.717) is 19.8 Å². The van der Waals surface area contributed by atoms with Crippen molar-refractivity contribution in [2.75, 3.05) is 26.9 Å². The summed E-state index contributed by atoms with van der Waals surface area (Å²) in [6, 6.07) is 7.79. The Morgan fingerprint density at radius 3 is 2.47 bits per heavy atom. The van der Waals surface area contributed by atoms with Crippen molar-refractivity contribution in [1.82, 2.24) is 5.32 Å². The summed E-state index contributed by atoms with van der Waals surface area (Å²) in [4.78, 5) is 12.5. The van der Waals surface area contributed by atoms with Gasteiger partial charge in [0.2, 0.25) is 5.91 Å². The van der Waals surface area contributed by atoms with Gasteiger partial charge in [-0.1, -0.05) is 12.1 Å². The van der Waals surface area contributed by atoms with Crippen molar-refractivity contribution in [1.29, 1.82) is 0 Å². The fraction of sp³-hybridized carbons (Fsp3) is 0.533. The van der Waals surface area contributed by atoms with Gasteiger partial charge in [0.1, 0.15) is 5.75 Å². The SMILES string of the molecule is CCNC(=O)C1(c2ccc(OC)cc2)CCOCC1. The van der Waals surface area contributed by atoms with Crippen molar-refractivity contribution in [3.63, 3.8) is 0 Å². The number of hydrogen-bond acceptors (Lipinski definition) is 3. The quantitative estimate of drug-likeness (QED) is 0.902. The van der Waals surface area contributed by atoms with E-state index < -0.39 is 5.41 Å². The molecular weight excluding hydrogens is 242 g/mol. The highest BCUT2D eigenvalue weighted by Gasteiger charge is 2.41. The van der Waals surface area contributed by atoms with E-state index in [-0.39, 0.29) is 5.91 Å². The van der Waals surface area contributed by atoms with Gasteiger partial charge in [-0.05, 0) is 37.5 Å². The Morgan fingerprint density at radius 1 is 1.32 bits per heavy atom. The normalized spacial score (nSPS) is 17.8. The Balaban J connectivity index is 2.32. The van der Waals surface area contributed by atoms with E-state index in [1.807, 2.05) is 31.2 Å². The molecule has 1 aliphatic rings. The van der Waals surface area contributed by atoms with Crippen LogP contribution in [0.3, 0.4) is 0 Å². The summed E-state index contributed by atoms with van der Waals surface area (Å²) in [6.07, 6.45) is 1.45. The largest absolute Gasteiger partial charge is 0.497 e. The zero-order chi connectivity index (χ0) is 13.7. The van der Waals surface area contributed by atoms with Crippen LogP contribution >= 0.6 is 0 Å². The van der Waals surface area contributed by atoms with E-state index in [1.54, 1.807) is 7.11 Å². The lowest BCUT2D eigenvalue weighted by Gasteiger charge is -2.36. The molecule has 0 bridgehead atoms. The molecule has 1 aromatic carbocycles. The van der Waals surface area contributed by atoms with E-state index in [1.165, 1.54) is 0 Å². The molecule has 0 aliphatic carbocycles. The fourth-order valence-corrected chi connectivity index (χ4v) is 2.61. The van der Waals surface area contributed by atoms with Crippen LogP contribution in [0.1, 0.15) is 25.3 Å². The molecular formula is C15H21NO3. The zero-order valence-electron chi connectivity index (χ0n) is 11.6. The minimum absolute atomic E-state index is 0.100. The number of nitrogens with one attached hydrogen (secondary N) is 1. The van der Waals surface area contributed by atoms with Crippen LogP contribution in [0.4, 0.5) is 0 Å². The first kappa shape index (κ1) is 13.9. The number of amides is 1. The predicted molar refractivity (Wildman–Crippen MR) is 73.4 cm³/mol. The number of benzene rings is 1. The van der Waals surface area contributed by atoms with Gasteiger partial charge in [-0.2, -0.15) is 0 Å². The van der Waals surface area contributed by atoms with Crippen molar-refractivity contribution < 1.29 is 14.3 Å². The van der Waals surface area contributed by atoms with Crippen LogP contribution in [-0.2, 0) is 14.9 Å². The maximum absolute atomic E-state index is 12.5. The summed E-state index contributed by atoms with van der Waals surface area (Å²) in [5.74, 6) is 0.908. The summed E-state index contributed by atoms with van der Waals surface area (Å²) < 4.78 is 10.6. The molecule has 0 radical (unpaired) electrons. The van der Waals surface area contributed by atoms with Gasteiger partial charge in [-0.25, -0.2) is 0 Å². The van der Waals surface area contributed by atoms with Gasteiger partial charge < -0.3 is 14.8 Å². The van der Waals surface area contributed by atoms with Gasteiger partial charge >= 0.3 is 0 Å². The molecule has 1 saturated heterocycles. The van der Waals surface area contributed by atoms with Gasteiger partial charge in [0.25, 0.3) is 0 Å². The van der Waals surface area contributed by atoms with Crippen molar-refractivity contribution >= 4 is 5.91 Å². The molecule has 1 heterocycles. The molecule has 1 aromatic rings. The molecule has 2 rings (SSSR count). The van der Waals surface area contributed by atoms with Crippen molar-refractivity contribution in [3.8, 4) is 5.75 Å². The van der Waals surface area contributed by atoms with E-state index in [0.717, 1.165) is 24.2 Å². The van der Waals surface area contributed by atoms with Gasteiger partial charge in [-0.15, -0.1) is 0 Å². The van der Waals surface area contributed by atoms with Crippen LogP contribution in [0.15, 0.2) is 24.3 Å². The highest BCUT2D eigenvalue weighted by Crippen LogP contribution is 2.35. The van der Waals surface area contributed by atoms with E-state index >= 15 is 0 Å². The Bertz CT molecular complexity index is 422. The fourth-order valence-electron chi connectivity index (χ4n) is 2.61. The first-order chi connectivity index (χ1) is 9.23. The molecule has 0 saturated carbocycles. The molecule has 4 nitrogen and oxygen atoms in total. The van der Waals surface area contributed by atoms with Gasteiger partial charge in [-0.3, -0.25) is 4.79 Å². The highest BCUT2D eigenvalue weighted by atomic mass is 16.5. The minimum Gasteiger partial charge on any atom is -0.497 e. The number of likely N-dealkylation sites (N-methyl/N-ethyl adjacent to an activating group) is 1. The lowest BCUT2D eigenvalue weighted by molar-refractivity contribution is -0.130. The second-order valence-electron chi connectivity index (χ2n) is 4.78. The molecule has 0 atom stereocenters. The van der Waals surface area contributed by atoms with Crippen molar-refractivity contribution in [2.24, 2.45) is 0 Å². The summed E-state index contributed by atoms with van der Waals surface area (Å²) in [5, 5.41) is 2.96. The number of methoxy groups -OCH3 is 1. The minimum atomic E-state index is -0.458.